The maximum absolute atomic E-state index is 13.7. The molecule has 0 saturated carbocycles. The molecule has 0 aliphatic carbocycles. The van der Waals surface area contributed by atoms with Crippen molar-refractivity contribution in [1.82, 2.24) is 44.6 Å². The molecule has 3 aliphatic heterocycles. The fourth-order valence-electron chi connectivity index (χ4n) is 12.8. The summed E-state index contributed by atoms with van der Waals surface area (Å²) in [6.45, 7) is 13.8. The Morgan fingerprint density at radius 1 is 0.458 bits per heavy atom. The molecule has 5 aromatic carbocycles. The summed E-state index contributed by atoms with van der Waals surface area (Å²) >= 11 is 2.27. The lowest BCUT2D eigenvalue weighted by Gasteiger charge is -2.29. The van der Waals surface area contributed by atoms with Crippen molar-refractivity contribution in [3.05, 3.63) is 124 Å². The number of methoxy groups -OCH3 is 3. The summed E-state index contributed by atoms with van der Waals surface area (Å²) < 4.78 is 15.7. The van der Waals surface area contributed by atoms with Crippen LogP contribution in [0.15, 0.2) is 103 Å². The van der Waals surface area contributed by atoms with Crippen molar-refractivity contribution in [3.63, 3.8) is 0 Å². The third kappa shape index (κ3) is 17.8. The van der Waals surface area contributed by atoms with E-state index in [9.17, 15) is 28.8 Å². The third-order valence-corrected chi connectivity index (χ3v) is 19.0. The number of nitrogens with zero attached hydrogens (tertiary/aromatic N) is 6. The van der Waals surface area contributed by atoms with Gasteiger partial charge in [0.05, 0.1) is 110 Å². The van der Waals surface area contributed by atoms with E-state index in [-0.39, 0.29) is 112 Å². The van der Waals surface area contributed by atoms with E-state index >= 15 is 0 Å². The van der Waals surface area contributed by atoms with Crippen molar-refractivity contribution in [1.29, 1.82) is 0 Å². The number of hydrogen-bond donors (Lipinski definition) is 7. The Morgan fingerprint density at radius 2 is 0.740 bits per heavy atom. The van der Waals surface area contributed by atoms with Gasteiger partial charge in [-0.25, -0.2) is 15.0 Å². The van der Waals surface area contributed by atoms with Gasteiger partial charge in [-0.3, -0.25) is 28.8 Å². The normalized spacial score (nSPS) is 16.9. The molecule has 3 fully saturated rings. The van der Waals surface area contributed by atoms with Crippen LogP contribution in [-0.2, 0) is 43.0 Å². The number of H-pyrrole nitrogens is 3. The molecule has 6 heterocycles. The Balaban J connectivity index is 0.000000267. The van der Waals surface area contributed by atoms with Crippen LogP contribution in [0.1, 0.15) is 150 Å². The third-order valence-electron chi connectivity index (χ3n) is 18.3. The van der Waals surface area contributed by atoms with Gasteiger partial charge in [0, 0.05) is 23.2 Å². The van der Waals surface area contributed by atoms with Crippen LogP contribution in [-0.4, -0.2) is 156 Å². The molecule has 0 spiro atoms. The molecule has 0 bridgehead atoms. The lowest BCUT2D eigenvalue weighted by Crippen LogP contribution is -2.39. The standard InChI is InChI=1S/C44H52N6O6.C19H24IN3O3.C6H8B2O4.2CH4/c1-25(2)31(23-39(51)55-5)43(53)49-19-7-9-37(49)41-45-33-17-15-29(21-35(33)47-41)27-11-13-28(14-12-27)30-16-18-34-36(22-30)48-42(46-34)38-10-8-20-50(38)44(54)32(26(3)4)24-40(52)56-6;1-11(2)13(10-17(24)26-3)19(25)23-8-4-5-16(23)18-21-14-7-6-12(20)9-15(14)22-18;9-7(10)5-1-2-6(4-3-5)8(11)12;;/h11-18,21-22,25-26,31-32,37-38H,7-10,19-20,23-24H2,1-6H3,(H,45,47)(H,46,48);6-7,9,11,13,16H,4-5,8,10H2,1-3H3,(H,21,22);1-4,9-12H;2*1H4/t31-,32-,37-,38-;13-,16-;;;/m00.../s1. The highest BCUT2D eigenvalue weighted by Crippen LogP contribution is 2.39. The number of carbonyl (C=O) groups is 6. The van der Waals surface area contributed by atoms with Crippen molar-refractivity contribution in [3.8, 4) is 22.3 Å². The van der Waals surface area contributed by atoms with Crippen molar-refractivity contribution >= 4 is 116 Å². The van der Waals surface area contributed by atoms with Gasteiger partial charge >= 0.3 is 32.1 Å². The molecule has 3 aromatic heterocycles. The minimum atomic E-state index is -1.52. The lowest BCUT2D eigenvalue weighted by molar-refractivity contribution is -0.148. The van der Waals surface area contributed by atoms with Gasteiger partial charge in [-0.15, -0.1) is 0 Å². The Kier molecular flexibility index (Phi) is 26.6. The van der Waals surface area contributed by atoms with E-state index in [4.69, 9.17) is 49.3 Å². The number of benzene rings is 5. The Bertz CT molecular complexity index is 3780. The molecule has 0 unspecified atom stereocenters. The van der Waals surface area contributed by atoms with Gasteiger partial charge in [0.1, 0.15) is 17.5 Å². The Labute approximate surface area is 576 Å². The second-order valence-corrected chi connectivity index (χ2v) is 26.7. The summed E-state index contributed by atoms with van der Waals surface area (Å²) in [6.07, 6.45) is 5.45. The predicted octanol–water partition coefficient (Wildman–Crippen LogP) is 9.76. The highest BCUT2D eigenvalue weighted by atomic mass is 127. The number of esters is 3. The molecule has 96 heavy (non-hydrogen) atoms. The van der Waals surface area contributed by atoms with E-state index in [1.165, 1.54) is 45.6 Å². The fraction of sp³-hybridized carbons (Fsp3) is 0.451. The summed E-state index contributed by atoms with van der Waals surface area (Å²) in [7, 11) is 1.03. The maximum Gasteiger partial charge on any atom is 0.488 e. The molecule has 512 valence electrons. The molecule has 0 radical (unpaired) electrons. The highest BCUT2D eigenvalue weighted by Gasteiger charge is 2.41. The van der Waals surface area contributed by atoms with Crippen LogP contribution < -0.4 is 10.9 Å². The molecule has 3 saturated heterocycles. The van der Waals surface area contributed by atoms with E-state index in [0.717, 1.165) is 115 Å². The number of amides is 3. The zero-order valence-electron chi connectivity index (χ0n) is 54.7. The summed E-state index contributed by atoms with van der Waals surface area (Å²) in [4.78, 5) is 107. The van der Waals surface area contributed by atoms with Crippen LogP contribution in [0, 0.1) is 39.1 Å². The Morgan fingerprint density at radius 3 is 1.02 bits per heavy atom. The van der Waals surface area contributed by atoms with Gasteiger partial charge in [0.25, 0.3) is 0 Å². The fourth-order valence-corrected chi connectivity index (χ4v) is 13.3. The number of aromatic amines is 3. The number of carbonyl (C=O) groups excluding carboxylic acids is 6. The van der Waals surface area contributed by atoms with Crippen molar-refractivity contribution < 1.29 is 63.1 Å². The van der Waals surface area contributed by atoms with E-state index in [0.29, 0.717) is 30.6 Å². The lowest BCUT2D eigenvalue weighted by atomic mass is 9.75. The number of aromatic nitrogens is 6. The molecule has 11 rings (SSSR count). The van der Waals surface area contributed by atoms with Crippen molar-refractivity contribution in [2.45, 2.75) is 132 Å². The number of ether oxygens (including phenoxy) is 3. The molecule has 8 aromatic rings. The topological polar surface area (TPSA) is 307 Å². The van der Waals surface area contributed by atoms with Gasteiger partial charge in [0.15, 0.2) is 0 Å². The molecule has 3 amide bonds. The number of halogens is 1. The number of likely N-dealkylation sites (tertiary alicyclic amines) is 3. The van der Waals surface area contributed by atoms with Crippen LogP contribution in [0.3, 0.4) is 0 Å². The number of hydrogen-bond acceptors (Lipinski definition) is 16. The minimum Gasteiger partial charge on any atom is -0.469 e. The predicted molar refractivity (Wildman–Crippen MR) is 381 cm³/mol. The van der Waals surface area contributed by atoms with Gasteiger partial charge in [0.2, 0.25) is 17.7 Å². The summed E-state index contributed by atoms with van der Waals surface area (Å²) in [5, 5.41) is 34.7. The van der Waals surface area contributed by atoms with Gasteiger partial charge in [-0.2, -0.15) is 0 Å². The molecule has 6 atom stereocenters. The average molecular weight is 1430 g/mol. The van der Waals surface area contributed by atoms with Crippen LogP contribution in [0.5, 0.6) is 0 Å². The van der Waals surface area contributed by atoms with Crippen LogP contribution in [0.4, 0.5) is 0 Å². The van der Waals surface area contributed by atoms with E-state index < -0.39 is 26.1 Å². The largest absolute Gasteiger partial charge is 0.488 e. The van der Waals surface area contributed by atoms with Crippen molar-refractivity contribution in [2.24, 2.45) is 35.5 Å². The number of fused-ring (bicyclic) bond motifs is 3. The number of imidazole rings is 3. The summed E-state index contributed by atoms with van der Waals surface area (Å²) in [5.41, 5.74) is 10.3. The SMILES string of the molecule is C.C.COC(=O)C[C@H](C(=O)N1CCC[C@H]1c1nc2ccc(-c3ccc(-c4ccc5nc([C@@H]6CCCN6C(=O)[C@@H](CC(=O)OC)C(C)C)[nH]c5c4)cc3)cc2[nH]1)C(C)C.COC(=O)C[C@H](C(=O)N1CCC[C@H]1c1nc2ccc(I)cc2[nH]1)C(C)C.OB(O)c1ccc(B(O)O)cc1. The molecule has 25 heteroatoms. The monoisotopic (exact) mass is 1430 g/mol. The van der Waals surface area contributed by atoms with Gasteiger partial charge in [-0.05, 0) is 155 Å². The second-order valence-electron chi connectivity index (χ2n) is 25.4. The van der Waals surface area contributed by atoms with Gasteiger partial charge in [-0.1, -0.05) is 117 Å². The van der Waals surface area contributed by atoms with E-state index in [2.05, 4.69) is 92.1 Å². The van der Waals surface area contributed by atoms with E-state index in [1.54, 1.807) is 0 Å². The quantitative estimate of drug-likeness (QED) is 0.0171. The first-order valence-corrected chi connectivity index (χ1v) is 33.2. The number of rotatable bonds is 19. The first kappa shape index (κ1) is 75.4. The van der Waals surface area contributed by atoms with E-state index in [1.807, 2.05) is 80.5 Å². The van der Waals surface area contributed by atoms with Crippen LogP contribution in [0.2, 0.25) is 0 Å². The summed E-state index contributed by atoms with van der Waals surface area (Å²) in [5.74, 6) is 0.0680. The zero-order valence-corrected chi connectivity index (χ0v) is 56.8. The maximum atomic E-state index is 13.7. The average Bonchev–Trinajstić information content (AvgIpc) is 1.64. The number of nitrogens with one attached hydrogen (secondary N) is 3. The molecular weight excluding hydrogens is 1340 g/mol. The molecule has 3 aliphatic rings. The first-order chi connectivity index (χ1) is 45.0. The van der Waals surface area contributed by atoms with Crippen LogP contribution in [0.25, 0.3) is 55.4 Å². The second kappa shape index (κ2) is 33.8. The van der Waals surface area contributed by atoms with Crippen LogP contribution >= 0.6 is 22.6 Å². The molecular formula is C71H92B2IN9O13. The minimum absolute atomic E-state index is 0. The Hall–Kier alpha value is -7.97. The smallest absolute Gasteiger partial charge is 0.469 e. The van der Waals surface area contributed by atoms with Gasteiger partial charge < -0.3 is 64.0 Å². The summed E-state index contributed by atoms with van der Waals surface area (Å²) in [6, 6.07) is 32.2. The highest BCUT2D eigenvalue weighted by molar-refractivity contribution is 14.1. The first-order valence-electron chi connectivity index (χ1n) is 32.2. The molecule has 22 nitrogen and oxygen atoms in total. The molecule has 7 N–H and O–H groups in total. The zero-order chi connectivity index (χ0) is 67.7. The van der Waals surface area contributed by atoms with Crippen molar-refractivity contribution in [2.75, 3.05) is 41.0 Å².